The number of allylic oxidation sites excluding steroid dienone is 2. The minimum atomic E-state index is 0.584. The second-order valence-corrected chi connectivity index (χ2v) is 7.06. The van der Waals surface area contributed by atoms with E-state index in [0.29, 0.717) is 18.4 Å². The fourth-order valence-corrected chi connectivity index (χ4v) is 3.23. The molecule has 2 aliphatic rings. The molecule has 0 heterocycles. The lowest BCUT2D eigenvalue weighted by molar-refractivity contribution is 0.304. The Bertz CT molecular complexity index is 722. The van der Waals surface area contributed by atoms with Crippen molar-refractivity contribution >= 4 is 11.1 Å². The van der Waals surface area contributed by atoms with Crippen LogP contribution < -0.4 is 4.74 Å². The first kappa shape index (κ1) is 15.3. The van der Waals surface area contributed by atoms with Crippen molar-refractivity contribution in [2.45, 2.75) is 32.3 Å². The maximum atomic E-state index is 6.33. The third kappa shape index (κ3) is 3.17. The van der Waals surface area contributed by atoms with E-state index in [0.717, 1.165) is 5.75 Å². The molecule has 0 saturated heterocycles. The van der Waals surface area contributed by atoms with E-state index in [2.05, 4.69) is 55.6 Å². The average Bonchev–Trinajstić information content (AvgIpc) is 3.51. The van der Waals surface area contributed by atoms with Gasteiger partial charge in [-0.1, -0.05) is 61.7 Å². The van der Waals surface area contributed by atoms with Gasteiger partial charge in [-0.25, -0.2) is 0 Å². The molecule has 0 aromatic heterocycles. The first-order valence-corrected chi connectivity index (χ1v) is 8.92. The van der Waals surface area contributed by atoms with Crippen LogP contribution in [0, 0.1) is 11.8 Å². The summed E-state index contributed by atoms with van der Waals surface area (Å²) in [5.41, 5.74) is 5.99. The maximum absolute atomic E-state index is 6.33. The largest absolute Gasteiger partial charge is 0.488 e. The minimum absolute atomic E-state index is 0.584. The van der Waals surface area contributed by atoms with Crippen LogP contribution in [0.1, 0.15) is 42.4 Å². The van der Waals surface area contributed by atoms with Gasteiger partial charge in [-0.2, -0.15) is 0 Å². The first-order chi connectivity index (χ1) is 11.7. The van der Waals surface area contributed by atoms with E-state index in [4.69, 9.17) is 4.74 Å². The van der Waals surface area contributed by atoms with Gasteiger partial charge in [0.15, 0.2) is 0 Å². The third-order valence-corrected chi connectivity index (χ3v) is 5.07. The molecule has 1 heteroatoms. The predicted molar refractivity (Wildman–Crippen MR) is 101 cm³/mol. The lowest BCUT2D eigenvalue weighted by Crippen LogP contribution is -2.02. The average molecular weight is 316 g/mol. The molecule has 0 bridgehead atoms. The second-order valence-electron chi connectivity index (χ2n) is 7.06. The van der Waals surface area contributed by atoms with Crippen LogP contribution in [0.2, 0.25) is 0 Å². The zero-order chi connectivity index (χ0) is 16.5. The number of hydrogen-bond donors (Lipinski definition) is 0. The van der Waals surface area contributed by atoms with E-state index in [1.807, 2.05) is 6.07 Å². The minimum Gasteiger partial charge on any atom is -0.488 e. The maximum Gasteiger partial charge on any atom is 0.134 e. The summed E-state index contributed by atoms with van der Waals surface area (Å²) in [6.45, 7) is 9.29. The zero-order valence-corrected chi connectivity index (χ0v) is 14.1. The summed E-state index contributed by atoms with van der Waals surface area (Å²) in [6.07, 6.45) is 5.02. The van der Waals surface area contributed by atoms with Crippen molar-refractivity contribution in [3.05, 3.63) is 78.4 Å². The SMILES string of the molecule is C=C(c1cccc(C(=C)C2CC2)c1OCc1ccccc1)C1CC1. The summed E-state index contributed by atoms with van der Waals surface area (Å²) < 4.78 is 6.33. The molecule has 24 heavy (non-hydrogen) atoms. The molecule has 0 amide bonds. The molecule has 2 aliphatic carbocycles. The van der Waals surface area contributed by atoms with Crippen LogP contribution in [-0.2, 0) is 6.61 Å². The summed E-state index contributed by atoms with van der Waals surface area (Å²) >= 11 is 0. The molecule has 2 fully saturated rings. The van der Waals surface area contributed by atoms with E-state index < -0.39 is 0 Å². The lowest BCUT2D eigenvalue weighted by atomic mass is 9.94. The van der Waals surface area contributed by atoms with Crippen molar-refractivity contribution in [2.24, 2.45) is 11.8 Å². The van der Waals surface area contributed by atoms with Gasteiger partial charge in [-0.3, -0.25) is 0 Å². The Balaban J connectivity index is 1.67. The van der Waals surface area contributed by atoms with Crippen molar-refractivity contribution < 1.29 is 4.74 Å². The fraction of sp³-hybridized carbons (Fsp3) is 0.304. The summed E-state index contributed by atoms with van der Waals surface area (Å²) in [7, 11) is 0. The summed E-state index contributed by atoms with van der Waals surface area (Å²) in [5, 5.41) is 0. The van der Waals surface area contributed by atoms with E-state index in [-0.39, 0.29) is 0 Å². The molecule has 2 aromatic rings. The van der Waals surface area contributed by atoms with Crippen molar-refractivity contribution in [1.82, 2.24) is 0 Å². The molecule has 0 atom stereocenters. The normalized spacial score (nSPS) is 16.7. The molecule has 0 N–H and O–H groups in total. The smallest absolute Gasteiger partial charge is 0.134 e. The van der Waals surface area contributed by atoms with Crippen LogP contribution in [0.15, 0.2) is 61.7 Å². The highest BCUT2D eigenvalue weighted by Gasteiger charge is 2.31. The van der Waals surface area contributed by atoms with Crippen molar-refractivity contribution in [1.29, 1.82) is 0 Å². The van der Waals surface area contributed by atoms with E-state index in [1.54, 1.807) is 0 Å². The number of benzene rings is 2. The molecule has 1 nitrogen and oxygen atoms in total. The van der Waals surface area contributed by atoms with Crippen LogP contribution in [0.25, 0.3) is 11.1 Å². The molecule has 0 radical (unpaired) electrons. The molecule has 4 rings (SSSR count). The van der Waals surface area contributed by atoms with Crippen molar-refractivity contribution in [3.63, 3.8) is 0 Å². The first-order valence-electron chi connectivity index (χ1n) is 8.92. The van der Waals surface area contributed by atoms with Gasteiger partial charge in [0.2, 0.25) is 0 Å². The highest BCUT2D eigenvalue weighted by atomic mass is 16.5. The van der Waals surface area contributed by atoms with E-state index >= 15 is 0 Å². The summed E-state index contributed by atoms with van der Waals surface area (Å²) in [4.78, 5) is 0. The summed E-state index contributed by atoms with van der Waals surface area (Å²) in [5.74, 6) is 2.25. The molecule has 0 spiro atoms. The molecule has 122 valence electrons. The Morgan fingerprint density at radius 1 is 0.792 bits per heavy atom. The Morgan fingerprint density at radius 2 is 1.33 bits per heavy atom. The van der Waals surface area contributed by atoms with Crippen LogP contribution in [0.5, 0.6) is 5.75 Å². The van der Waals surface area contributed by atoms with Gasteiger partial charge in [0, 0.05) is 11.1 Å². The predicted octanol–water partition coefficient (Wildman–Crippen LogP) is 6.11. The van der Waals surface area contributed by atoms with Gasteiger partial charge in [0.1, 0.15) is 12.4 Å². The topological polar surface area (TPSA) is 9.23 Å². The molecule has 0 aliphatic heterocycles. The Morgan fingerprint density at radius 3 is 1.83 bits per heavy atom. The van der Waals surface area contributed by atoms with Gasteiger partial charge in [0.25, 0.3) is 0 Å². The van der Waals surface area contributed by atoms with E-state index in [1.165, 1.54) is 53.5 Å². The van der Waals surface area contributed by atoms with Crippen LogP contribution in [0.4, 0.5) is 0 Å². The Labute approximate surface area is 144 Å². The standard InChI is InChI=1S/C23H24O/c1-16(19-11-12-19)21-9-6-10-22(17(2)20-13-14-20)23(21)24-15-18-7-4-3-5-8-18/h3-10,19-20H,1-2,11-15H2. The Kier molecular flexibility index (Phi) is 4.02. The van der Waals surface area contributed by atoms with Crippen LogP contribution in [-0.4, -0.2) is 0 Å². The molecular weight excluding hydrogens is 292 g/mol. The number of rotatable bonds is 7. The van der Waals surface area contributed by atoms with Crippen LogP contribution >= 0.6 is 0 Å². The zero-order valence-electron chi connectivity index (χ0n) is 14.1. The second kappa shape index (κ2) is 6.32. The highest BCUT2D eigenvalue weighted by molar-refractivity contribution is 5.80. The molecule has 0 unspecified atom stereocenters. The summed E-state index contributed by atoms with van der Waals surface area (Å²) in [6, 6.07) is 16.8. The molecular formula is C23H24O. The lowest BCUT2D eigenvalue weighted by Gasteiger charge is -2.18. The number of para-hydroxylation sites is 1. The van der Waals surface area contributed by atoms with Gasteiger partial charge in [-0.05, 0) is 54.2 Å². The van der Waals surface area contributed by atoms with Crippen LogP contribution in [0.3, 0.4) is 0 Å². The Hall–Kier alpha value is -2.28. The highest BCUT2D eigenvalue weighted by Crippen LogP contribution is 2.48. The number of ether oxygens (including phenoxy) is 1. The van der Waals surface area contributed by atoms with Crippen molar-refractivity contribution in [3.8, 4) is 5.75 Å². The monoisotopic (exact) mass is 316 g/mol. The van der Waals surface area contributed by atoms with Crippen molar-refractivity contribution in [2.75, 3.05) is 0 Å². The van der Waals surface area contributed by atoms with Gasteiger partial charge < -0.3 is 4.74 Å². The molecule has 2 saturated carbocycles. The van der Waals surface area contributed by atoms with Gasteiger partial charge >= 0.3 is 0 Å². The quantitative estimate of drug-likeness (QED) is 0.598. The molecule has 2 aromatic carbocycles. The fourth-order valence-electron chi connectivity index (χ4n) is 3.23. The number of hydrogen-bond acceptors (Lipinski definition) is 1. The van der Waals surface area contributed by atoms with Gasteiger partial charge in [-0.15, -0.1) is 0 Å². The van der Waals surface area contributed by atoms with E-state index in [9.17, 15) is 0 Å². The third-order valence-electron chi connectivity index (χ3n) is 5.07. The van der Waals surface area contributed by atoms with Gasteiger partial charge in [0.05, 0.1) is 0 Å².